The van der Waals surface area contributed by atoms with Crippen molar-refractivity contribution in [1.82, 2.24) is 83.5 Å². The highest BCUT2D eigenvalue weighted by atomic mass is 32.1. The summed E-state index contributed by atoms with van der Waals surface area (Å²) in [5.41, 5.74) is 17.8. The molecular formula is C62H93N17O8S4. The molecule has 0 N–H and O–H groups in total. The lowest BCUT2D eigenvalue weighted by Gasteiger charge is -1.83. The van der Waals surface area contributed by atoms with Gasteiger partial charge in [-0.1, -0.05) is 24.4 Å². The summed E-state index contributed by atoms with van der Waals surface area (Å²) in [6, 6.07) is 0. The van der Waals surface area contributed by atoms with Crippen molar-refractivity contribution in [3.8, 4) is 0 Å². The maximum Gasteiger partial charge on any atom is 0.191 e. The third kappa shape index (κ3) is 31.0. The second kappa shape index (κ2) is 41.3. The van der Waals surface area contributed by atoms with Gasteiger partial charge in [-0.3, -0.25) is 0 Å². The van der Waals surface area contributed by atoms with Gasteiger partial charge >= 0.3 is 0 Å². The summed E-state index contributed by atoms with van der Waals surface area (Å²) in [4.78, 5) is 15.9. The van der Waals surface area contributed by atoms with Crippen LogP contribution in [0.2, 0.25) is 0 Å². The van der Waals surface area contributed by atoms with Crippen LogP contribution in [-0.2, 0) is 0 Å². The number of nitrogens with zero attached hydrogens (tertiary/aromatic N) is 17. The average Bonchev–Trinajstić information content (AvgIpc) is 4.60. The fourth-order valence-electron chi connectivity index (χ4n) is 5.41. The molecule has 0 aliphatic heterocycles. The highest BCUT2D eigenvalue weighted by Crippen LogP contribution is 2.15. The number of aromatic nitrogens is 17. The fraction of sp³-hybridized carbons (Fsp3) is 0.500. The topological polar surface area (TPSA) is 324 Å². The maximum atomic E-state index is 5.10. The van der Waals surface area contributed by atoms with Crippen molar-refractivity contribution in [3.63, 3.8) is 0 Å². The number of rotatable bonds is 0. The van der Waals surface area contributed by atoms with Gasteiger partial charge < -0.3 is 35.9 Å². The molecule has 0 spiro atoms. The van der Waals surface area contributed by atoms with Crippen LogP contribution in [0.15, 0.2) is 35.9 Å². The SMILES string of the molecule is Cc1nc(C)c(C)o1.Cc1nc(C)c(C)o1.Cc1nc(C)c(C)o1.Cc1nnoc1C.Cc1nnoc1C.Cc1nnsc1C.Cc1nnsc1C.Cc1noc(C)c1C.Cc1noc(C)c1C.Cc1noc(C)c1C.Cc1nsc(C)c1C.Cc1nsnc1C. The second-order valence-corrected chi connectivity index (χ2v) is 23.9. The first kappa shape index (κ1) is 80.9. The molecule has 498 valence electrons. The number of aryl methyl sites for hydroxylation is 27. The van der Waals surface area contributed by atoms with Gasteiger partial charge in [0.1, 0.15) is 45.9 Å². The Balaban J connectivity index is 0.000000497. The molecule has 0 unspecified atom stereocenters. The largest absolute Gasteiger partial charge is 0.446 e. The van der Waals surface area contributed by atoms with Crippen LogP contribution in [0.1, 0.15) is 175 Å². The van der Waals surface area contributed by atoms with E-state index in [1.807, 2.05) is 201 Å². The predicted octanol–water partition coefficient (Wildman–Crippen LogP) is 16.5. The predicted molar refractivity (Wildman–Crippen MR) is 356 cm³/mol. The maximum absolute atomic E-state index is 5.10. The summed E-state index contributed by atoms with van der Waals surface area (Å²) in [6.07, 6.45) is 0. The zero-order valence-corrected chi connectivity index (χ0v) is 62.3. The van der Waals surface area contributed by atoms with Crippen molar-refractivity contribution in [2.75, 3.05) is 0 Å². The van der Waals surface area contributed by atoms with E-state index in [9.17, 15) is 0 Å². The van der Waals surface area contributed by atoms with E-state index in [-0.39, 0.29) is 0 Å². The zero-order valence-electron chi connectivity index (χ0n) is 59.0. The second-order valence-electron chi connectivity index (χ2n) is 20.5. The first-order valence-corrected chi connectivity index (χ1v) is 31.6. The van der Waals surface area contributed by atoms with Crippen LogP contribution >= 0.6 is 46.3 Å². The molecule has 0 aliphatic rings. The molecular weight excluding hydrogens is 1240 g/mol. The Morgan fingerprint density at radius 1 is 0.231 bits per heavy atom. The van der Waals surface area contributed by atoms with Gasteiger partial charge in [-0.15, -0.1) is 20.4 Å². The molecule has 0 bridgehead atoms. The summed E-state index contributed by atoms with van der Waals surface area (Å²) in [6.45, 7) is 60.1. The molecule has 0 saturated carbocycles. The van der Waals surface area contributed by atoms with E-state index in [1.54, 1.807) is 11.5 Å². The van der Waals surface area contributed by atoms with Crippen LogP contribution in [-0.4, -0.2) is 83.5 Å². The molecule has 91 heavy (non-hydrogen) atoms. The van der Waals surface area contributed by atoms with Gasteiger partial charge in [0.2, 0.25) is 0 Å². The summed E-state index contributed by atoms with van der Waals surface area (Å²) < 4.78 is 58.5. The molecule has 0 radical (unpaired) electrons. The van der Waals surface area contributed by atoms with Crippen molar-refractivity contribution >= 4 is 46.3 Å². The lowest BCUT2D eigenvalue weighted by molar-refractivity contribution is 0.373. The Morgan fingerprint density at radius 3 is 0.604 bits per heavy atom. The third-order valence-corrected chi connectivity index (χ3v) is 16.5. The summed E-state index contributed by atoms with van der Waals surface area (Å²) in [5, 5.41) is 32.6. The molecule has 25 nitrogen and oxygen atoms in total. The lowest BCUT2D eigenvalue weighted by Crippen LogP contribution is -1.73. The van der Waals surface area contributed by atoms with E-state index < -0.39 is 0 Å². The van der Waals surface area contributed by atoms with Crippen LogP contribution in [0.5, 0.6) is 0 Å². The quantitative estimate of drug-likeness (QED) is 0.136. The Bertz CT molecular complexity index is 3210. The molecule has 0 fully saturated rings. The summed E-state index contributed by atoms with van der Waals surface area (Å²) >= 11 is 5.73. The van der Waals surface area contributed by atoms with Crippen molar-refractivity contribution in [3.05, 3.63) is 175 Å². The summed E-state index contributed by atoms with van der Waals surface area (Å²) in [5.74, 6) is 9.35. The van der Waals surface area contributed by atoms with E-state index in [4.69, 9.17) is 26.8 Å². The summed E-state index contributed by atoms with van der Waals surface area (Å²) in [7, 11) is 0. The minimum absolute atomic E-state index is 0.750. The molecule has 0 saturated heterocycles. The fourth-order valence-corrected chi connectivity index (χ4v) is 7.57. The molecule has 0 atom stereocenters. The van der Waals surface area contributed by atoms with Gasteiger partial charge in [-0.2, -0.15) is 13.1 Å². The van der Waals surface area contributed by atoms with Crippen LogP contribution in [0.25, 0.3) is 0 Å². The van der Waals surface area contributed by atoms with Crippen LogP contribution < -0.4 is 0 Å². The molecule has 12 aromatic rings. The third-order valence-electron chi connectivity index (χ3n) is 13.4. The minimum atomic E-state index is 0.750. The number of hydrogen-bond acceptors (Lipinski definition) is 29. The van der Waals surface area contributed by atoms with E-state index in [0.29, 0.717) is 0 Å². The standard InChI is InChI=1S/6C6H9NO.C6H9NS.2C4H6N2O.3C4H6N2S/c3*1-4-5(2)8-6(3)7-4;4*1-4-5(2)7-8-6(4)3;4*1-3-4(2)7-6-5-3;1-3-4(2)6-7-5-3/h7*1-3H3;5*1-2H3. The highest BCUT2D eigenvalue weighted by molar-refractivity contribution is 7.06. The molecule has 29 heteroatoms. The molecule has 0 aliphatic carbocycles. The van der Waals surface area contributed by atoms with Crippen molar-refractivity contribution in [1.29, 1.82) is 0 Å². The van der Waals surface area contributed by atoms with Gasteiger partial charge in [0.05, 0.1) is 74.4 Å². The van der Waals surface area contributed by atoms with Crippen LogP contribution in [0.3, 0.4) is 0 Å². The van der Waals surface area contributed by atoms with Crippen LogP contribution in [0.4, 0.5) is 0 Å². The van der Waals surface area contributed by atoms with E-state index in [0.717, 1.165) is 149 Å². The van der Waals surface area contributed by atoms with Gasteiger partial charge in [-0.25, -0.2) is 15.0 Å². The lowest BCUT2D eigenvalue weighted by atomic mass is 10.2. The Morgan fingerprint density at radius 2 is 0.538 bits per heavy atom. The number of hydrogen-bond donors (Lipinski definition) is 0. The van der Waals surface area contributed by atoms with Gasteiger partial charge in [-0.05, 0) is 234 Å². The Hall–Kier alpha value is -8.15. The van der Waals surface area contributed by atoms with Gasteiger partial charge in [0.25, 0.3) is 0 Å². The van der Waals surface area contributed by atoms with Crippen molar-refractivity contribution in [2.45, 2.75) is 215 Å². The van der Waals surface area contributed by atoms with Crippen LogP contribution in [0, 0.1) is 215 Å². The van der Waals surface area contributed by atoms with Gasteiger partial charge in [0, 0.05) is 62.6 Å². The van der Waals surface area contributed by atoms with E-state index >= 15 is 0 Å². The minimum Gasteiger partial charge on any atom is -0.446 e. The number of oxazole rings is 3. The Labute approximate surface area is 551 Å². The van der Waals surface area contributed by atoms with Crippen molar-refractivity contribution < 1.29 is 35.9 Å². The Kier molecular flexibility index (Phi) is 36.7. The molecule has 12 aromatic heterocycles. The van der Waals surface area contributed by atoms with E-state index in [1.165, 1.54) is 60.7 Å². The highest BCUT2D eigenvalue weighted by Gasteiger charge is 2.04. The normalized spacial score (nSPS) is 9.70. The first-order chi connectivity index (χ1) is 42.5. The van der Waals surface area contributed by atoms with Crippen molar-refractivity contribution in [2.24, 2.45) is 0 Å². The zero-order chi connectivity index (χ0) is 69.4. The monoisotopic (exact) mass is 1330 g/mol. The molecule has 12 heterocycles. The molecule has 12 rings (SSSR count). The molecule has 0 aromatic carbocycles. The first-order valence-electron chi connectivity index (χ1n) is 28.6. The smallest absolute Gasteiger partial charge is 0.191 e. The molecule has 0 amide bonds. The van der Waals surface area contributed by atoms with E-state index in [2.05, 4.69) is 106 Å². The average molecular weight is 1330 g/mol. The van der Waals surface area contributed by atoms with Gasteiger partial charge in [0.15, 0.2) is 29.2 Å².